The highest BCUT2D eigenvalue weighted by atomic mass is 32.2. The Labute approximate surface area is 182 Å². The average molecular weight is 450 g/mol. The summed E-state index contributed by atoms with van der Waals surface area (Å²) in [6.07, 6.45) is 2.57. The van der Waals surface area contributed by atoms with E-state index in [1.807, 2.05) is 13.8 Å². The first-order valence-electron chi connectivity index (χ1n) is 10.2. The third-order valence-electron chi connectivity index (χ3n) is 4.75. The monoisotopic (exact) mass is 449 g/mol. The minimum atomic E-state index is -3.62. The SMILES string of the molecule is CCNC(=NCCNS(=O)(=O)c1cccnc1)N1CC(C)OC(c2ccc(F)cc2)C1. The minimum Gasteiger partial charge on any atom is -0.367 e. The van der Waals surface area contributed by atoms with E-state index < -0.39 is 10.0 Å². The van der Waals surface area contributed by atoms with Crippen molar-refractivity contribution < 1.29 is 17.5 Å². The highest BCUT2D eigenvalue weighted by Crippen LogP contribution is 2.25. The zero-order valence-electron chi connectivity index (χ0n) is 17.7. The largest absolute Gasteiger partial charge is 0.367 e. The summed E-state index contributed by atoms with van der Waals surface area (Å²) in [5.74, 6) is 0.401. The summed E-state index contributed by atoms with van der Waals surface area (Å²) >= 11 is 0. The lowest BCUT2D eigenvalue weighted by molar-refractivity contribution is -0.0605. The molecule has 0 spiro atoms. The number of morpholine rings is 1. The summed E-state index contributed by atoms with van der Waals surface area (Å²) in [5, 5.41) is 3.26. The van der Waals surface area contributed by atoms with E-state index in [0.29, 0.717) is 25.6 Å². The molecule has 3 rings (SSSR count). The van der Waals surface area contributed by atoms with Crippen molar-refractivity contribution in [3.8, 4) is 0 Å². The Morgan fingerprint density at radius 2 is 2.06 bits per heavy atom. The second-order valence-electron chi connectivity index (χ2n) is 7.21. The van der Waals surface area contributed by atoms with Gasteiger partial charge in [0.1, 0.15) is 16.8 Å². The molecule has 10 heteroatoms. The number of pyridine rings is 1. The van der Waals surface area contributed by atoms with Gasteiger partial charge in [0.2, 0.25) is 10.0 Å². The van der Waals surface area contributed by atoms with E-state index in [1.165, 1.54) is 30.6 Å². The van der Waals surface area contributed by atoms with Crippen LogP contribution in [0.2, 0.25) is 0 Å². The molecule has 1 aromatic carbocycles. The standard InChI is InChI=1S/C21H28FN5O3S/c1-3-24-21(25-11-12-26-31(28,29)19-5-4-10-23-13-19)27-14-16(2)30-20(15-27)17-6-8-18(22)9-7-17/h4-10,13,16,20,26H,3,11-12,14-15H2,1-2H3,(H,24,25). The molecule has 2 heterocycles. The third kappa shape index (κ3) is 6.46. The predicted octanol–water partition coefficient (Wildman–Crippen LogP) is 1.93. The van der Waals surface area contributed by atoms with E-state index in [9.17, 15) is 12.8 Å². The van der Waals surface area contributed by atoms with Crippen LogP contribution in [0.5, 0.6) is 0 Å². The highest BCUT2D eigenvalue weighted by Gasteiger charge is 2.28. The van der Waals surface area contributed by atoms with Gasteiger partial charge in [0, 0.05) is 32.0 Å². The van der Waals surface area contributed by atoms with Crippen molar-refractivity contribution in [3.63, 3.8) is 0 Å². The van der Waals surface area contributed by atoms with Gasteiger partial charge in [-0.3, -0.25) is 9.98 Å². The number of guanidine groups is 1. The number of hydrogen-bond acceptors (Lipinski definition) is 5. The maximum absolute atomic E-state index is 13.3. The first kappa shape index (κ1) is 23.1. The molecule has 1 aromatic heterocycles. The van der Waals surface area contributed by atoms with Gasteiger partial charge >= 0.3 is 0 Å². The second-order valence-corrected chi connectivity index (χ2v) is 8.98. The maximum atomic E-state index is 13.3. The number of rotatable bonds is 7. The first-order chi connectivity index (χ1) is 14.9. The molecule has 1 aliphatic rings. The van der Waals surface area contributed by atoms with Crippen LogP contribution in [0, 0.1) is 5.82 Å². The van der Waals surface area contributed by atoms with E-state index >= 15 is 0 Å². The summed E-state index contributed by atoms with van der Waals surface area (Å²) in [7, 11) is -3.62. The number of ether oxygens (including phenoxy) is 1. The van der Waals surface area contributed by atoms with E-state index in [-0.39, 0.29) is 36.0 Å². The highest BCUT2D eigenvalue weighted by molar-refractivity contribution is 7.89. The fraction of sp³-hybridized carbons (Fsp3) is 0.429. The fourth-order valence-electron chi connectivity index (χ4n) is 3.34. The molecule has 168 valence electrons. The van der Waals surface area contributed by atoms with E-state index in [0.717, 1.165) is 5.56 Å². The molecule has 0 radical (unpaired) electrons. The number of benzene rings is 1. The van der Waals surface area contributed by atoms with Crippen LogP contribution in [0.1, 0.15) is 25.5 Å². The topological polar surface area (TPSA) is 95.9 Å². The molecular weight excluding hydrogens is 421 g/mol. The summed E-state index contributed by atoms with van der Waals surface area (Å²) in [6, 6.07) is 9.38. The van der Waals surface area contributed by atoms with Crippen LogP contribution in [-0.4, -0.2) is 63.1 Å². The number of aromatic nitrogens is 1. The molecule has 2 aromatic rings. The average Bonchev–Trinajstić information content (AvgIpc) is 2.76. The quantitative estimate of drug-likeness (QED) is 0.381. The lowest BCUT2D eigenvalue weighted by Crippen LogP contribution is -2.51. The normalized spacial score (nSPS) is 20.0. The number of nitrogens with zero attached hydrogens (tertiary/aromatic N) is 3. The Bertz CT molecular complexity index is 970. The lowest BCUT2D eigenvalue weighted by Gasteiger charge is -2.38. The van der Waals surface area contributed by atoms with Crippen molar-refractivity contribution in [1.29, 1.82) is 0 Å². The van der Waals surface area contributed by atoms with Crippen LogP contribution in [0.25, 0.3) is 0 Å². The van der Waals surface area contributed by atoms with Crippen molar-refractivity contribution in [3.05, 3.63) is 60.2 Å². The van der Waals surface area contributed by atoms with Gasteiger partial charge < -0.3 is 15.0 Å². The molecule has 0 saturated carbocycles. The van der Waals surface area contributed by atoms with E-state index in [1.54, 1.807) is 18.2 Å². The smallest absolute Gasteiger partial charge is 0.242 e. The van der Waals surface area contributed by atoms with Crippen LogP contribution < -0.4 is 10.0 Å². The van der Waals surface area contributed by atoms with Gasteiger partial charge in [0.15, 0.2) is 5.96 Å². The van der Waals surface area contributed by atoms with Crippen LogP contribution in [0.15, 0.2) is 58.7 Å². The third-order valence-corrected chi connectivity index (χ3v) is 6.19. The fourth-order valence-corrected chi connectivity index (χ4v) is 4.33. The summed E-state index contributed by atoms with van der Waals surface area (Å²) in [6.45, 7) is 6.26. The molecule has 2 unspecified atom stereocenters. The Kier molecular flexibility index (Phi) is 7.94. The number of hydrogen-bond donors (Lipinski definition) is 2. The maximum Gasteiger partial charge on any atom is 0.242 e. The van der Waals surface area contributed by atoms with Crippen molar-refractivity contribution >= 4 is 16.0 Å². The van der Waals surface area contributed by atoms with E-state index in [4.69, 9.17) is 4.74 Å². The minimum absolute atomic E-state index is 0.0447. The summed E-state index contributed by atoms with van der Waals surface area (Å²) in [4.78, 5) is 10.6. The number of halogens is 1. The molecule has 1 saturated heterocycles. The zero-order valence-corrected chi connectivity index (χ0v) is 18.5. The number of sulfonamides is 1. The Morgan fingerprint density at radius 1 is 1.29 bits per heavy atom. The van der Waals surface area contributed by atoms with Gasteiger partial charge in [-0.1, -0.05) is 12.1 Å². The second kappa shape index (κ2) is 10.7. The van der Waals surface area contributed by atoms with Crippen LogP contribution in [0.3, 0.4) is 0 Å². The van der Waals surface area contributed by atoms with Crippen molar-refractivity contribution in [2.24, 2.45) is 4.99 Å². The first-order valence-corrected chi connectivity index (χ1v) is 11.7. The van der Waals surface area contributed by atoms with E-state index in [2.05, 4.69) is 24.9 Å². The molecule has 0 amide bonds. The molecule has 1 aliphatic heterocycles. The molecule has 0 aliphatic carbocycles. The Morgan fingerprint density at radius 3 is 2.74 bits per heavy atom. The number of aliphatic imine (C=N–C) groups is 1. The molecule has 0 bridgehead atoms. The molecule has 31 heavy (non-hydrogen) atoms. The molecule has 1 fully saturated rings. The van der Waals surface area contributed by atoms with Crippen molar-refractivity contribution in [2.45, 2.75) is 31.0 Å². The van der Waals surface area contributed by atoms with Crippen molar-refractivity contribution in [1.82, 2.24) is 19.9 Å². The zero-order chi connectivity index (χ0) is 22.3. The van der Waals surface area contributed by atoms with Crippen molar-refractivity contribution in [2.75, 3.05) is 32.7 Å². The summed E-state index contributed by atoms with van der Waals surface area (Å²) in [5.41, 5.74) is 0.901. The Hall–Kier alpha value is -2.56. The molecule has 8 nitrogen and oxygen atoms in total. The van der Waals surface area contributed by atoms with Gasteiger partial charge in [0.25, 0.3) is 0 Å². The van der Waals surface area contributed by atoms with Crippen LogP contribution in [-0.2, 0) is 14.8 Å². The van der Waals surface area contributed by atoms with Gasteiger partial charge in [-0.15, -0.1) is 0 Å². The van der Waals surface area contributed by atoms with Gasteiger partial charge in [-0.25, -0.2) is 17.5 Å². The van der Waals surface area contributed by atoms with Gasteiger partial charge in [-0.05, 0) is 43.7 Å². The van der Waals surface area contributed by atoms with Gasteiger partial charge in [-0.2, -0.15) is 0 Å². The van der Waals surface area contributed by atoms with Crippen LogP contribution >= 0.6 is 0 Å². The van der Waals surface area contributed by atoms with Crippen LogP contribution in [0.4, 0.5) is 4.39 Å². The predicted molar refractivity (Wildman–Crippen MR) is 117 cm³/mol. The molecule has 2 N–H and O–H groups in total. The Balaban J connectivity index is 1.64. The number of nitrogens with one attached hydrogen (secondary N) is 2. The van der Waals surface area contributed by atoms with Gasteiger partial charge in [0.05, 0.1) is 19.2 Å². The lowest BCUT2D eigenvalue weighted by atomic mass is 10.1. The molecule has 2 atom stereocenters. The summed E-state index contributed by atoms with van der Waals surface area (Å²) < 4.78 is 46.5. The molecular formula is C21H28FN5O3S.